The maximum Gasteiger partial charge on any atom is 0.367 e. The molecule has 0 saturated heterocycles. The molecule has 13 heavy (non-hydrogen) atoms. The molecule has 0 radical (unpaired) electrons. The molecule has 0 saturated carbocycles. The molecule has 1 amide bonds. The molecule has 0 aromatic carbocycles. The van der Waals surface area contributed by atoms with Crippen LogP contribution in [0.4, 0.5) is 0 Å². The van der Waals surface area contributed by atoms with Gasteiger partial charge in [0.05, 0.1) is 0 Å². The smallest absolute Gasteiger partial charge is 0.367 e. The summed E-state index contributed by atoms with van der Waals surface area (Å²) < 4.78 is 14.0. The molecule has 5 N–H and O–H groups in total. The Balaban J connectivity index is 3.82. The van der Waals surface area contributed by atoms with Crippen molar-refractivity contribution >= 4 is 20.1 Å². The van der Waals surface area contributed by atoms with Gasteiger partial charge in [-0.3, -0.25) is 9.59 Å². The van der Waals surface area contributed by atoms with Crippen LogP contribution in [0.3, 0.4) is 0 Å². The maximum atomic E-state index is 10.7. The number of rotatable bonds is 5. The normalized spacial score (nSPS) is 14.6. The number of hydrogen-bond donors (Lipinski definition) is 3. The summed E-state index contributed by atoms with van der Waals surface area (Å²) in [6.45, 7) is 0. The summed E-state index contributed by atoms with van der Waals surface area (Å²) in [5.41, 5.74) is 9.99. The van der Waals surface area contributed by atoms with E-state index in [1.807, 2.05) is 0 Å². The molecule has 0 heterocycles. The lowest BCUT2D eigenvalue weighted by atomic mass is 10.2. The van der Waals surface area contributed by atoms with E-state index >= 15 is 0 Å². The molecule has 0 aliphatic carbocycles. The zero-order valence-corrected chi connectivity index (χ0v) is 7.73. The van der Waals surface area contributed by atoms with Crippen LogP contribution in [0.2, 0.25) is 0 Å². The first kappa shape index (κ1) is 12.1. The molecule has 0 rings (SSSR count). The zero-order valence-electron chi connectivity index (χ0n) is 6.73. The molecule has 0 aromatic rings. The summed E-state index contributed by atoms with van der Waals surface area (Å²) in [6, 6.07) is -1.09. The minimum absolute atomic E-state index is 0.00329. The van der Waals surface area contributed by atoms with E-state index in [4.69, 9.17) is 16.4 Å². The van der Waals surface area contributed by atoms with E-state index in [9.17, 15) is 14.2 Å². The largest absolute Gasteiger partial charge is 0.392 e. The van der Waals surface area contributed by atoms with Gasteiger partial charge in [0.1, 0.15) is 6.04 Å². The minimum Gasteiger partial charge on any atom is -0.392 e. The van der Waals surface area contributed by atoms with Gasteiger partial charge in [-0.25, -0.2) is 4.57 Å². The Kier molecular flexibility index (Phi) is 5.29. The van der Waals surface area contributed by atoms with Crippen LogP contribution in [0, 0.1) is 0 Å². The van der Waals surface area contributed by atoms with Crippen LogP contribution in [-0.4, -0.2) is 22.8 Å². The first-order valence-electron chi connectivity index (χ1n) is 3.42. The van der Waals surface area contributed by atoms with E-state index in [-0.39, 0.29) is 12.8 Å². The molecule has 7 nitrogen and oxygen atoms in total. The van der Waals surface area contributed by atoms with Gasteiger partial charge in [-0.2, -0.15) is 0 Å². The van der Waals surface area contributed by atoms with Gasteiger partial charge in [0.25, 0.3) is 0 Å². The van der Waals surface area contributed by atoms with Crippen molar-refractivity contribution in [2.24, 2.45) is 11.5 Å². The average Bonchev–Trinajstić information content (AvgIpc) is 1.98. The van der Waals surface area contributed by atoms with Crippen molar-refractivity contribution in [2.45, 2.75) is 18.9 Å². The molecular formula is C5H11N2O5P. The van der Waals surface area contributed by atoms with Gasteiger partial charge in [0, 0.05) is 6.42 Å². The van der Waals surface area contributed by atoms with Crippen molar-refractivity contribution < 1.29 is 23.6 Å². The molecule has 0 aliphatic rings. The van der Waals surface area contributed by atoms with Gasteiger partial charge >= 0.3 is 14.2 Å². The summed E-state index contributed by atoms with van der Waals surface area (Å²) >= 11 is 0. The highest BCUT2D eigenvalue weighted by atomic mass is 31.1. The number of carbonyl (C=O) groups is 2. The molecule has 2 atom stereocenters. The molecule has 76 valence electrons. The van der Waals surface area contributed by atoms with Gasteiger partial charge in [-0.1, -0.05) is 0 Å². The van der Waals surface area contributed by atoms with Gasteiger partial charge in [0.2, 0.25) is 5.91 Å². The Labute approximate surface area is 75.0 Å². The highest BCUT2D eigenvalue weighted by Gasteiger charge is 2.17. The van der Waals surface area contributed by atoms with Crippen LogP contribution >= 0.6 is 8.25 Å². The highest BCUT2D eigenvalue weighted by molar-refractivity contribution is 7.32. The Morgan fingerprint density at radius 3 is 2.46 bits per heavy atom. The maximum absolute atomic E-state index is 10.7. The predicted molar refractivity (Wildman–Crippen MR) is 43.7 cm³/mol. The third-order valence-corrected chi connectivity index (χ3v) is 1.57. The Bertz CT molecular complexity index is 231. The van der Waals surface area contributed by atoms with E-state index < -0.39 is 26.2 Å². The summed E-state index contributed by atoms with van der Waals surface area (Å²) in [5, 5.41) is 0. The first-order valence-corrected chi connectivity index (χ1v) is 4.68. The van der Waals surface area contributed by atoms with E-state index in [0.29, 0.717) is 0 Å². The summed E-state index contributed by atoms with van der Waals surface area (Å²) in [7, 11) is -3.31. The van der Waals surface area contributed by atoms with Crippen molar-refractivity contribution in [3.63, 3.8) is 0 Å². The topological polar surface area (TPSA) is 133 Å². The molecule has 0 fully saturated rings. The summed E-state index contributed by atoms with van der Waals surface area (Å²) in [6.07, 6.45) is -0.0636. The lowest BCUT2D eigenvalue weighted by molar-refractivity contribution is -0.136. The standard InChI is InChI=1S/C5H11N2O5P/c6-3(1-2-4(7)8)5(9)12-13(10)11/h3,13H,1-2,6H2,(H2,7,8)(H,10,11)/t3-/m0/s1. The van der Waals surface area contributed by atoms with Crippen molar-refractivity contribution in [3.05, 3.63) is 0 Å². The molecule has 1 unspecified atom stereocenters. The number of carbonyl (C=O) groups excluding carboxylic acids is 2. The van der Waals surface area contributed by atoms with Gasteiger partial charge in [0.15, 0.2) is 0 Å². The van der Waals surface area contributed by atoms with E-state index in [2.05, 4.69) is 4.52 Å². The van der Waals surface area contributed by atoms with Crippen LogP contribution in [0.5, 0.6) is 0 Å². The van der Waals surface area contributed by atoms with Gasteiger partial charge in [-0.15, -0.1) is 0 Å². The minimum atomic E-state index is -3.31. The molecule has 0 aromatic heterocycles. The zero-order chi connectivity index (χ0) is 10.4. The molecular weight excluding hydrogens is 199 g/mol. The van der Waals surface area contributed by atoms with Crippen molar-refractivity contribution in [1.82, 2.24) is 0 Å². The average molecular weight is 210 g/mol. The Morgan fingerprint density at radius 1 is 1.54 bits per heavy atom. The monoisotopic (exact) mass is 210 g/mol. The van der Waals surface area contributed by atoms with Gasteiger partial charge < -0.3 is 20.9 Å². The SMILES string of the molecule is NC(=O)CC[C@H](N)C(=O)O[PH](=O)O. The quantitative estimate of drug-likeness (QED) is 0.473. The summed E-state index contributed by atoms with van der Waals surface area (Å²) in [5.74, 6) is -1.60. The molecule has 8 heteroatoms. The predicted octanol–water partition coefficient (Wildman–Crippen LogP) is -1.50. The second-order valence-electron chi connectivity index (χ2n) is 2.30. The fraction of sp³-hybridized carbons (Fsp3) is 0.600. The van der Waals surface area contributed by atoms with E-state index in [1.54, 1.807) is 0 Å². The lowest BCUT2D eigenvalue weighted by Crippen LogP contribution is -2.32. The Hall–Kier alpha value is -0.910. The molecule has 0 aliphatic heterocycles. The van der Waals surface area contributed by atoms with Crippen molar-refractivity contribution in [1.29, 1.82) is 0 Å². The van der Waals surface area contributed by atoms with Gasteiger partial charge in [-0.05, 0) is 6.42 Å². The van der Waals surface area contributed by atoms with E-state index in [1.165, 1.54) is 0 Å². The van der Waals surface area contributed by atoms with Crippen LogP contribution in [0.25, 0.3) is 0 Å². The third-order valence-electron chi connectivity index (χ3n) is 1.19. The molecule has 0 bridgehead atoms. The number of primary amides is 1. The third kappa shape index (κ3) is 6.27. The van der Waals surface area contributed by atoms with Crippen LogP contribution in [-0.2, 0) is 18.7 Å². The van der Waals surface area contributed by atoms with E-state index in [0.717, 1.165) is 0 Å². The molecule has 0 spiro atoms. The second-order valence-corrected chi connectivity index (χ2v) is 3.03. The number of nitrogens with two attached hydrogens (primary N) is 2. The van der Waals surface area contributed by atoms with Crippen LogP contribution in [0.15, 0.2) is 0 Å². The fourth-order valence-electron chi connectivity index (χ4n) is 0.577. The number of hydrogen-bond acceptors (Lipinski definition) is 5. The van der Waals surface area contributed by atoms with Crippen molar-refractivity contribution in [3.8, 4) is 0 Å². The highest BCUT2D eigenvalue weighted by Crippen LogP contribution is 2.15. The summed E-state index contributed by atoms with van der Waals surface area (Å²) in [4.78, 5) is 29.2. The van der Waals surface area contributed by atoms with Crippen molar-refractivity contribution in [2.75, 3.05) is 0 Å². The fourth-order valence-corrected chi connectivity index (χ4v) is 0.901. The Morgan fingerprint density at radius 2 is 2.08 bits per heavy atom. The first-order chi connectivity index (χ1) is 5.93. The second kappa shape index (κ2) is 5.69. The van der Waals surface area contributed by atoms with Crippen LogP contribution < -0.4 is 11.5 Å². The van der Waals surface area contributed by atoms with Crippen LogP contribution in [0.1, 0.15) is 12.8 Å². The number of amides is 1. The lowest BCUT2D eigenvalue weighted by Gasteiger charge is -2.07.